The number of aryl methyl sites for hydroxylation is 1. The van der Waals surface area contributed by atoms with Crippen molar-refractivity contribution in [3.63, 3.8) is 0 Å². The highest BCUT2D eigenvalue weighted by Crippen LogP contribution is 2.22. The van der Waals surface area contributed by atoms with E-state index in [0.717, 1.165) is 40.6 Å². The van der Waals surface area contributed by atoms with Gasteiger partial charge in [0.15, 0.2) is 0 Å². The number of benzene rings is 3. The second kappa shape index (κ2) is 15.2. The molecular formula is C36H45N3O3. The van der Waals surface area contributed by atoms with Crippen LogP contribution < -0.4 is 4.74 Å². The number of aromatic amines is 1. The van der Waals surface area contributed by atoms with E-state index in [1.54, 1.807) is 12.0 Å². The summed E-state index contributed by atoms with van der Waals surface area (Å²) < 4.78 is 5.59. The Balaban J connectivity index is 1.50. The van der Waals surface area contributed by atoms with Gasteiger partial charge in [0, 0.05) is 47.4 Å². The molecule has 0 aliphatic carbocycles. The normalized spacial score (nSPS) is 11.2. The molecule has 4 rings (SSSR count). The van der Waals surface area contributed by atoms with Crippen LogP contribution in [0.4, 0.5) is 0 Å². The second-order valence-electron chi connectivity index (χ2n) is 11.3. The number of methoxy groups -OCH3 is 1. The summed E-state index contributed by atoms with van der Waals surface area (Å²) in [6.45, 7) is 7.07. The van der Waals surface area contributed by atoms with E-state index in [-0.39, 0.29) is 24.4 Å². The van der Waals surface area contributed by atoms with Crippen molar-refractivity contribution in [1.82, 2.24) is 14.8 Å². The quantitative estimate of drug-likeness (QED) is 0.152. The van der Waals surface area contributed by atoms with Gasteiger partial charge >= 0.3 is 0 Å². The van der Waals surface area contributed by atoms with Gasteiger partial charge in [-0.25, -0.2) is 0 Å². The molecule has 1 N–H and O–H groups in total. The number of H-pyrrole nitrogens is 1. The topological polar surface area (TPSA) is 65.6 Å². The highest BCUT2D eigenvalue weighted by Gasteiger charge is 2.25. The molecule has 222 valence electrons. The third-order valence-electron chi connectivity index (χ3n) is 7.94. The molecule has 0 atom stereocenters. The van der Waals surface area contributed by atoms with Gasteiger partial charge in [-0.05, 0) is 68.5 Å². The molecule has 2 amide bonds. The summed E-state index contributed by atoms with van der Waals surface area (Å²) in [5, 5.41) is 1.16. The third-order valence-corrected chi connectivity index (χ3v) is 7.94. The van der Waals surface area contributed by atoms with Gasteiger partial charge in [0.1, 0.15) is 12.3 Å². The Morgan fingerprint density at radius 2 is 1.60 bits per heavy atom. The molecule has 6 nitrogen and oxygen atoms in total. The molecule has 1 heterocycles. The summed E-state index contributed by atoms with van der Waals surface area (Å²) in [5.41, 5.74) is 5.04. The fraction of sp³-hybridized carbons (Fsp3) is 0.389. The van der Waals surface area contributed by atoms with Crippen LogP contribution in [0.15, 0.2) is 79.0 Å². The highest BCUT2D eigenvalue weighted by atomic mass is 16.5. The van der Waals surface area contributed by atoms with Crippen LogP contribution >= 0.6 is 0 Å². The zero-order chi connectivity index (χ0) is 29.9. The smallest absolute Gasteiger partial charge is 0.254 e. The van der Waals surface area contributed by atoms with E-state index >= 15 is 0 Å². The first-order valence-corrected chi connectivity index (χ1v) is 15.3. The van der Waals surface area contributed by atoms with E-state index in [1.165, 1.54) is 24.8 Å². The Morgan fingerprint density at radius 3 is 2.33 bits per heavy atom. The van der Waals surface area contributed by atoms with E-state index in [0.29, 0.717) is 25.1 Å². The monoisotopic (exact) mass is 567 g/mol. The first-order valence-electron chi connectivity index (χ1n) is 15.3. The average Bonchev–Trinajstić information content (AvgIpc) is 3.43. The molecule has 0 aliphatic heterocycles. The van der Waals surface area contributed by atoms with Gasteiger partial charge in [0.2, 0.25) is 5.91 Å². The van der Waals surface area contributed by atoms with Crippen LogP contribution in [-0.2, 0) is 24.2 Å². The third kappa shape index (κ3) is 8.03. The van der Waals surface area contributed by atoms with Crippen molar-refractivity contribution in [2.75, 3.05) is 20.2 Å². The molecule has 0 radical (unpaired) electrons. The lowest BCUT2D eigenvalue weighted by atomic mass is 10.0. The van der Waals surface area contributed by atoms with Crippen molar-refractivity contribution in [2.45, 2.75) is 71.9 Å². The van der Waals surface area contributed by atoms with Gasteiger partial charge in [-0.15, -0.1) is 0 Å². The van der Waals surface area contributed by atoms with E-state index in [2.05, 4.69) is 36.2 Å². The number of nitrogens with zero attached hydrogens (tertiary/aromatic N) is 2. The molecule has 0 bridgehead atoms. The summed E-state index contributed by atoms with van der Waals surface area (Å²) in [7, 11) is 1.65. The van der Waals surface area contributed by atoms with E-state index in [4.69, 9.17) is 4.74 Å². The van der Waals surface area contributed by atoms with E-state index in [1.807, 2.05) is 73.5 Å². The van der Waals surface area contributed by atoms with E-state index < -0.39 is 0 Å². The molecule has 4 aromatic rings. The van der Waals surface area contributed by atoms with Gasteiger partial charge in [0.25, 0.3) is 5.91 Å². The fourth-order valence-corrected chi connectivity index (χ4v) is 5.40. The number of rotatable bonds is 15. The van der Waals surface area contributed by atoms with Crippen LogP contribution in [0, 0.1) is 0 Å². The van der Waals surface area contributed by atoms with Crippen LogP contribution in [-0.4, -0.2) is 52.8 Å². The molecule has 3 aromatic carbocycles. The predicted octanol–water partition coefficient (Wildman–Crippen LogP) is 7.42. The number of carbonyl (C=O) groups is 2. The number of nitrogens with one attached hydrogen (secondary N) is 1. The van der Waals surface area contributed by atoms with Crippen LogP contribution in [0.25, 0.3) is 10.9 Å². The predicted molar refractivity (Wildman–Crippen MR) is 171 cm³/mol. The van der Waals surface area contributed by atoms with Crippen molar-refractivity contribution in [2.24, 2.45) is 0 Å². The summed E-state index contributed by atoms with van der Waals surface area (Å²) in [6.07, 6.45) is 8.60. The molecule has 0 spiro atoms. The van der Waals surface area contributed by atoms with Gasteiger partial charge < -0.3 is 19.5 Å². The van der Waals surface area contributed by atoms with Crippen LogP contribution in [0.2, 0.25) is 0 Å². The molecule has 6 heteroatoms. The minimum atomic E-state index is -0.128. The van der Waals surface area contributed by atoms with Gasteiger partial charge in [0.05, 0.1) is 7.11 Å². The molecule has 0 unspecified atom stereocenters. The van der Waals surface area contributed by atoms with Crippen molar-refractivity contribution in [3.05, 3.63) is 101 Å². The fourth-order valence-electron chi connectivity index (χ4n) is 5.40. The first kappa shape index (κ1) is 30.9. The Labute approximate surface area is 250 Å². The van der Waals surface area contributed by atoms with Crippen molar-refractivity contribution < 1.29 is 14.3 Å². The zero-order valence-electron chi connectivity index (χ0n) is 25.6. The molecule has 0 saturated heterocycles. The Hall–Kier alpha value is -4.06. The summed E-state index contributed by atoms with van der Waals surface area (Å²) in [4.78, 5) is 34.4. The lowest BCUT2D eigenvalue weighted by Gasteiger charge is -2.30. The molecule has 42 heavy (non-hydrogen) atoms. The van der Waals surface area contributed by atoms with Crippen molar-refractivity contribution >= 4 is 22.7 Å². The van der Waals surface area contributed by atoms with Crippen molar-refractivity contribution in [3.8, 4) is 5.75 Å². The Bertz CT molecular complexity index is 1440. The minimum absolute atomic E-state index is 0.0122. The number of hydrogen-bond acceptors (Lipinski definition) is 3. The average molecular weight is 568 g/mol. The highest BCUT2D eigenvalue weighted by molar-refractivity contribution is 5.96. The summed E-state index contributed by atoms with van der Waals surface area (Å²) in [5.74, 6) is 0.536. The van der Waals surface area contributed by atoms with E-state index in [9.17, 15) is 9.59 Å². The lowest BCUT2D eigenvalue weighted by molar-refractivity contribution is -0.132. The van der Waals surface area contributed by atoms with Crippen molar-refractivity contribution in [1.29, 1.82) is 0 Å². The van der Waals surface area contributed by atoms with Crippen LogP contribution in [0.1, 0.15) is 73.5 Å². The largest absolute Gasteiger partial charge is 0.496 e. The van der Waals surface area contributed by atoms with Gasteiger partial charge in [-0.2, -0.15) is 0 Å². The maximum absolute atomic E-state index is 13.9. The maximum Gasteiger partial charge on any atom is 0.254 e. The molecule has 0 fully saturated rings. The molecule has 1 aromatic heterocycles. The molecule has 0 aliphatic rings. The standard InChI is InChI=1S/C36H45N3O3/c1-5-6-7-8-13-28-18-20-29(21-19-28)36(41)39(27(2)3)26-35(40)38(25-31-14-9-12-17-34(31)42-4)23-22-30-24-37-33-16-11-10-15-32(30)33/h9-12,14-21,24,27,37H,5-8,13,22-23,25-26H2,1-4H3. The maximum atomic E-state index is 13.9. The van der Waals surface area contributed by atoms with Crippen LogP contribution in [0.3, 0.4) is 0 Å². The number of unbranched alkanes of at least 4 members (excludes halogenated alkanes) is 3. The number of amides is 2. The first-order chi connectivity index (χ1) is 20.4. The SMILES string of the molecule is CCCCCCc1ccc(C(=O)N(CC(=O)N(CCc2c[nH]c3ccccc23)Cc2ccccc2OC)C(C)C)cc1. The number of aromatic nitrogens is 1. The Morgan fingerprint density at radius 1 is 0.857 bits per heavy atom. The number of ether oxygens (including phenoxy) is 1. The molecule has 0 saturated carbocycles. The number of carbonyl (C=O) groups excluding carboxylic acids is 2. The zero-order valence-corrected chi connectivity index (χ0v) is 25.6. The number of fused-ring (bicyclic) bond motifs is 1. The summed E-state index contributed by atoms with van der Waals surface area (Å²) >= 11 is 0. The van der Waals surface area contributed by atoms with Gasteiger partial charge in [-0.3, -0.25) is 9.59 Å². The number of hydrogen-bond donors (Lipinski definition) is 1. The second-order valence-corrected chi connectivity index (χ2v) is 11.3. The number of para-hydroxylation sites is 2. The molecular weight excluding hydrogens is 522 g/mol. The van der Waals surface area contributed by atoms with Crippen LogP contribution in [0.5, 0.6) is 5.75 Å². The Kier molecular flexibility index (Phi) is 11.2. The summed E-state index contributed by atoms with van der Waals surface area (Å²) in [6, 6.07) is 23.8. The minimum Gasteiger partial charge on any atom is -0.496 e. The lowest BCUT2D eigenvalue weighted by Crippen LogP contribution is -2.46. The van der Waals surface area contributed by atoms with Gasteiger partial charge in [-0.1, -0.05) is 74.7 Å².